The predicted molar refractivity (Wildman–Crippen MR) is 42.7 cm³/mol. The van der Waals surface area contributed by atoms with Gasteiger partial charge in [-0.25, -0.2) is 0 Å². The van der Waals surface area contributed by atoms with E-state index in [9.17, 15) is 13.2 Å². The minimum atomic E-state index is -4.46. The van der Waals surface area contributed by atoms with Crippen LogP contribution in [0.5, 0.6) is 0 Å². The van der Waals surface area contributed by atoms with Gasteiger partial charge < -0.3 is 0 Å². The molecule has 0 atom stereocenters. The van der Waals surface area contributed by atoms with Crippen LogP contribution in [0.3, 0.4) is 0 Å². The number of fused-ring (bicyclic) bond motifs is 1. The molecule has 0 spiro atoms. The van der Waals surface area contributed by atoms with E-state index >= 15 is 0 Å². The summed E-state index contributed by atoms with van der Waals surface area (Å²) in [5.41, 5.74) is 1.05. The van der Waals surface area contributed by atoms with Crippen LogP contribution in [0.1, 0.15) is 11.4 Å². The van der Waals surface area contributed by atoms with E-state index in [1.165, 1.54) is 6.20 Å². The second kappa shape index (κ2) is 2.70. The molecule has 0 radical (unpaired) electrons. The first-order chi connectivity index (χ1) is 6.48. The highest BCUT2D eigenvalue weighted by atomic mass is 19.4. The van der Waals surface area contributed by atoms with Gasteiger partial charge in [-0.1, -0.05) is 0 Å². The lowest BCUT2D eigenvalue weighted by atomic mass is 10.3. The van der Waals surface area contributed by atoms with Gasteiger partial charge >= 0.3 is 6.18 Å². The standard InChI is InChI=1S/C8H6F3N3/c1-5-2-3-14-6(4-5)12-13-7(14)8(9,10)11/h2-4H,1H3. The summed E-state index contributed by atoms with van der Waals surface area (Å²) in [6.07, 6.45) is -3.15. The third-order valence-electron chi connectivity index (χ3n) is 1.82. The van der Waals surface area contributed by atoms with Crippen LogP contribution in [0.25, 0.3) is 5.65 Å². The normalized spacial score (nSPS) is 12.3. The van der Waals surface area contributed by atoms with Gasteiger partial charge in [0.05, 0.1) is 0 Å². The Kier molecular flexibility index (Phi) is 1.73. The quantitative estimate of drug-likeness (QED) is 0.653. The molecule has 0 fully saturated rings. The molecule has 0 bridgehead atoms. The van der Waals surface area contributed by atoms with E-state index < -0.39 is 12.0 Å². The lowest BCUT2D eigenvalue weighted by Gasteiger charge is -2.03. The molecule has 0 saturated carbocycles. The van der Waals surface area contributed by atoms with Crippen LogP contribution < -0.4 is 0 Å². The van der Waals surface area contributed by atoms with E-state index in [4.69, 9.17) is 0 Å². The number of hydrogen-bond donors (Lipinski definition) is 0. The molecule has 0 amide bonds. The van der Waals surface area contributed by atoms with Gasteiger partial charge in [-0.05, 0) is 24.6 Å². The maximum atomic E-state index is 12.3. The van der Waals surface area contributed by atoms with Crippen molar-refractivity contribution in [2.45, 2.75) is 13.1 Å². The Morgan fingerprint density at radius 2 is 2.00 bits per heavy atom. The Labute approximate surface area is 77.2 Å². The van der Waals surface area contributed by atoms with Gasteiger partial charge in [0.2, 0.25) is 5.82 Å². The number of rotatable bonds is 0. The van der Waals surface area contributed by atoms with Crippen LogP contribution in [0.2, 0.25) is 0 Å². The highest BCUT2D eigenvalue weighted by Crippen LogP contribution is 2.27. The van der Waals surface area contributed by atoms with Crippen LogP contribution >= 0.6 is 0 Å². The van der Waals surface area contributed by atoms with E-state index in [1.807, 2.05) is 0 Å². The Hall–Kier alpha value is -1.59. The molecular weight excluding hydrogens is 195 g/mol. The zero-order valence-electron chi connectivity index (χ0n) is 7.21. The Morgan fingerprint density at radius 1 is 1.29 bits per heavy atom. The molecule has 0 aliphatic carbocycles. The summed E-state index contributed by atoms with van der Waals surface area (Å²) >= 11 is 0. The van der Waals surface area contributed by atoms with Gasteiger partial charge in [0, 0.05) is 6.20 Å². The molecule has 0 aromatic carbocycles. The zero-order valence-corrected chi connectivity index (χ0v) is 7.21. The van der Waals surface area contributed by atoms with E-state index in [2.05, 4.69) is 10.2 Å². The lowest BCUT2D eigenvalue weighted by Crippen LogP contribution is -2.10. The van der Waals surface area contributed by atoms with E-state index in [0.29, 0.717) is 0 Å². The predicted octanol–water partition coefficient (Wildman–Crippen LogP) is 2.06. The summed E-state index contributed by atoms with van der Waals surface area (Å²) in [4.78, 5) is 0. The summed E-state index contributed by atoms with van der Waals surface area (Å²) in [5, 5.41) is 6.53. The van der Waals surface area contributed by atoms with Gasteiger partial charge in [0.1, 0.15) is 0 Å². The second-order valence-electron chi connectivity index (χ2n) is 2.95. The van der Waals surface area contributed by atoms with Crippen molar-refractivity contribution in [2.75, 3.05) is 0 Å². The van der Waals surface area contributed by atoms with Crippen molar-refractivity contribution in [3.05, 3.63) is 29.7 Å². The summed E-state index contributed by atoms with van der Waals surface area (Å²) in [6, 6.07) is 3.12. The van der Waals surface area contributed by atoms with Gasteiger partial charge in [-0.2, -0.15) is 13.2 Å². The first kappa shape index (κ1) is 8.98. The maximum Gasteiger partial charge on any atom is 0.452 e. The molecule has 3 nitrogen and oxygen atoms in total. The molecule has 0 aliphatic heterocycles. The number of nitrogens with zero attached hydrogens (tertiary/aromatic N) is 3. The first-order valence-electron chi connectivity index (χ1n) is 3.87. The first-order valence-corrected chi connectivity index (χ1v) is 3.87. The van der Waals surface area contributed by atoms with E-state index in [-0.39, 0.29) is 5.65 Å². The minimum absolute atomic E-state index is 0.206. The molecule has 0 saturated heterocycles. The van der Waals surface area contributed by atoms with Crippen LogP contribution in [-0.4, -0.2) is 14.6 Å². The van der Waals surface area contributed by atoms with Gasteiger partial charge in [-0.3, -0.25) is 4.40 Å². The fraction of sp³-hybridized carbons (Fsp3) is 0.250. The molecule has 0 N–H and O–H groups in total. The largest absolute Gasteiger partial charge is 0.452 e. The van der Waals surface area contributed by atoms with Crippen molar-refractivity contribution < 1.29 is 13.2 Å². The Balaban J connectivity index is 2.70. The molecular formula is C8H6F3N3. The SMILES string of the molecule is Cc1ccn2c(C(F)(F)F)nnc2c1. The number of pyridine rings is 1. The van der Waals surface area contributed by atoms with Crippen LogP contribution in [0, 0.1) is 6.92 Å². The average molecular weight is 201 g/mol. The summed E-state index contributed by atoms with van der Waals surface area (Å²) in [7, 11) is 0. The summed E-state index contributed by atoms with van der Waals surface area (Å²) < 4.78 is 37.9. The molecule has 74 valence electrons. The van der Waals surface area contributed by atoms with Crippen molar-refractivity contribution in [2.24, 2.45) is 0 Å². The Morgan fingerprint density at radius 3 is 2.64 bits per heavy atom. The summed E-state index contributed by atoms with van der Waals surface area (Å²) in [6.45, 7) is 1.78. The number of alkyl halides is 3. The fourth-order valence-corrected chi connectivity index (χ4v) is 1.19. The maximum absolute atomic E-state index is 12.3. The number of aryl methyl sites for hydroxylation is 1. The molecule has 2 heterocycles. The molecule has 2 rings (SSSR count). The van der Waals surface area contributed by atoms with Crippen molar-refractivity contribution in [1.82, 2.24) is 14.6 Å². The van der Waals surface area contributed by atoms with Crippen molar-refractivity contribution in [1.29, 1.82) is 0 Å². The summed E-state index contributed by atoms with van der Waals surface area (Å²) in [5.74, 6) is -0.993. The van der Waals surface area contributed by atoms with Crippen molar-refractivity contribution >= 4 is 5.65 Å². The van der Waals surface area contributed by atoms with Gasteiger partial charge in [0.15, 0.2) is 5.65 Å². The van der Waals surface area contributed by atoms with Crippen LogP contribution in [0.4, 0.5) is 13.2 Å². The zero-order chi connectivity index (χ0) is 10.3. The number of aromatic nitrogens is 3. The Bertz CT molecular complexity index is 472. The highest BCUT2D eigenvalue weighted by molar-refractivity contribution is 5.40. The highest BCUT2D eigenvalue weighted by Gasteiger charge is 2.36. The lowest BCUT2D eigenvalue weighted by molar-refractivity contribution is -0.145. The van der Waals surface area contributed by atoms with Crippen molar-refractivity contribution in [3.63, 3.8) is 0 Å². The van der Waals surface area contributed by atoms with Crippen LogP contribution in [0.15, 0.2) is 18.3 Å². The number of halogens is 3. The molecule has 14 heavy (non-hydrogen) atoms. The monoisotopic (exact) mass is 201 g/mol. The van der Waals surface area contributed by atoms with Crippen molar-refractivity contribution in [3.8, 4) is 0 Å². The van der Waals surface area contributed by atoms with Crippen LogP contribution in [-0.2, 0) is 6.18 Å². The average Bonchev–Trinajstić information content (AvgIpc) is 2.45. The second-order valence-corrected chi connectivity index (χ2v) is 2.95. The number of hydrogen-bond acceptors (Lipinski definition) is 2. The van der Waals surface area contributed by atoms with E-state index in [0.717, 1.165) is 9.96 Å². The molecule has 2 aromatic heterocycles. The molecule has 2 aromatic rings. The minimum Gasteiger partial charge on any atom is -0.279 e. The topological polar surface area (TPSA) is 30.2 Å². The third-order valence-corrected chi connectivity index (χ3v) is 1.82. The van der Waals surface area contributed by atoms with E-state index in [1.54, 1.807) is 19.1 Å². The van der Waals surface area contributed by atoms with Gasteiger partial charge in [0.25, 0.3) is 0 Å². The molecule has 0 unspecified atom stereocenters. The smallest absolute Gasteiger partial charge is 0.279 e. The molecule has 6 heteroatoms. The fourth-order valence-electron chi connectivity index (χ4n) is 1.19. The molecule has 0 aliphatic rings. The van der Waals surface area contributed by atoms with Gasteiger partial charge in [-0.15, -0.1) is 10.2 Å². The third kappa shape index (κ3) is 1.32.